The summed E-state index contributed by atoms with van der Waals surface area (Å²) in [4.78, 5) is 30.5. The molecule has 2 aromatic carbocycles. The van der Waals surface area contributed by atoms with E-state index in [1.807, 2.05) is 27.8 Å². The van der Waals surface area contributed by atoms with Crippen LogP contribution in [0.5, 0.6) is 0 Å². The lowest BCUT2D eigenvalue weighted by Gasteiger charge is -2.32. The number of aromatic nitrogens is 2. The molecule has 0 bridgehead atoms. The Hall–Kier alpha value is -3.69. The summed E-state index contributed by atoms with van der Waals surface area (Å²) in [5.41, 5.74) is 13.2. The predicted octanol–water partition coefficient (Wildman–Crippen LogP) is 3.64. The van der Waals surface area contributed by atoms with Crippen LogP contribution in [0.2, 0.25) is 0 Å². The number of hydrogen-bond acceptors (Lipinski definition) is 6. The highest BCUT2D eigenvalue weighted by molar-refractivity contribution is 6.10. The SMILES string of the molecule is Cc1c(C2CC(Nc3cc4n(n3)CCN(C)C4)C(=O)NN2)cccc1N1Cc2ccc(C(C)(C)C)cc2C1=O. The molecule has 0 spiro atoms. The summed E-state index contributed by atoms with van der Waals surface area (Å²) in [6.45, 7) is 11.8. The molecule has 1 aromatic heterocycles. The van der Waals surface area contributed by atoms with Gasteiger partial charge in [-0.25, -0.2) is 5.43 Å². The van der Waals surface area contributed by atoms with E-state index in [1.165, 1.54) is 0 Å². The van der Waals surface area contributed by atoms with Crippen LogP contribution >= 0.6 is 0 Å². The molecule has 3 aliphatic rings. The first-order valence-corrected chi connectivity index (χ1v) is 13.7. The summed E-state index contributed by atoms with van der Waals surface area (Å²) in [5, 5.41) is 8.04. The van der Waals surface area contributed by atoms with Gasteiger partial charge in [-0.05, 0) is 60.2 Å². The Morgan fingerprint density at radius 3 is 2.67 bits per heavy atom. The van der Waals surface area contributed by atoms with Crippen molar-refractivity contribution in [3.63, 3.8) is 0 Å². The molecule has 1 fully saturated rings. The van der Waals surface area contributed by atoms with Crippen LogP contribution in [-0.4, -0.2) is 46.1 Å². The smallest absolute Gasteiger partial charge is 0.258 e. The highest BCUT2D eigenvalue weighted by Gasteiger charge is 2.34. The maximum Gasteiger partial charge on any atom is 0.258 e. The van der Waals surface area contributed by atoms with Crippen molar-refractivity contribution < 1.29 is 9.59 Å². The van der Waals surface area contributed by atoms with Crippen LogP contribution in [0.3, 0.4) is 0 Å². The van der Waals surface area contributed by atoms with Crippen LogP contribution in [-0.2, 0) is 29.8 Å². The Morgan fingerprint density at radius 1 is 1.05 bits per heavy atom. The zero-order valence-electron chi connectivity index (χ0n) is 23.3. The number of anilines is 2. The Balaban J connectivity index is 1.22. The van der Waals surface area contributed by atoms with E-state index < -0.39 is 6.04 Å². The average molecular weight is 528 g/mol. The zero-order valence-corrected chi connectivity index (χ0v) is 23.3. The Labute approximate surface area is 229 Å². The minimum Gasteiger partial charge on any atom is -0.357 e. The Morgan fingerprint density at radius 2 is 1.87 bits per heavy atom. The molecule has 9 heteroatoms. The fourth-order valence-electron chi connectivity index (χ4n) is 5.90. The molecule has 0 saturated carbocycles. The quantitative estimate of drug-likeness (QED) is 0.480. The monoisotopic (exact) mass is 527 g/mol. The van der Waals surface area contributed by atoms with Gasteiger partial charge in [0.05, 0.1) is 24.8 Å². The highest BCUT2D eigenvalue weighted by Crippen LogP contribution is 2.36. The molecule has 9 nitrogen and oxygen atoms in total. The number of rotatable bonds is 4. The average Bonchev–Trinajstić information content (AvgIpc) is 3.44. The van der Waals surface area contributed by atoms with Crippen molar-refractivity contribution in [1.29, 1.82) is 0 Å². The van der Waals surface area contributed by atoms with Crippen LogP contribution in [0.25, 0.3) is 0 Å². The second-order valence-corrected chi connectivity index (χ2v) is 12.1. The lowest BCUT2D eigenvalue weighted by atomic mass is 9.85. The van der Waals surface area contributed by atoms with Gasteiger partial charge in [-0.1, -0.05) is 45.0 Å². The molecule has 4 heterocycles. The van der Waals surface area contributed by atoms with Crippen LogP contribution < -0.4 is 21.1 Å². The van der Waals surface area contributed by atoms with Crippen molar-refractivity contribution in [2.45, 2.75) is 71.2 Å². The lowest BCUT2D eigenvalue weighted by molar-refractivity contribution is -0.125. The maximum atomic E-state index is 13.5. The van der Waals surface area contributed by atoms with Gasteiger partial charge in [0.25, 0.3) is 11.8 Å². The number of carbonyl (C=O) groups excluding carboxylic acids is 2. The van der Waals surface area contributed by atoms with Gasteiger partial charge in [0.2, 0.25) is 0 Å². The largest absolute Gasteiger partial charge is 0.357 e. The normalized spacial score (nSPS) is 21.5. The number of hydrogen-bond donors (Lipinski definition) is 3. The van der Waals surface area contributed by atoms with Gasteiger partial charge in [-0.3, -0.25) is 24.6 Å². The number of carbonyl (C=O) groups is 2. The van der Waals surface area contributed by atoms with E-state index in [1.54, 1.807) is 0 Å². The number of amides is 2. The van der Waals surface area contributed by atoms with Gasteiger partial charge in [0.15, 0.2) is 0 Å². The molecule has 204 valence electrons. The van der Waals surface area contributed by atoms with E-state index in [9.17, 15) is 9.59 Å². The van der Waals surface area contributed by atoms with E-state index in [0.717, 1.165) is 64.7 Å². The van der Waals surface area contributed by atoms with Gasteiger partial charge >= 0.3 is 0 Å². The van der Waals surface area contributed by atoms with Gasteiger partial charge < -0.3 is 10.2 Å². The van der Waals surface area contributed by atoms with Crippen molar-refractivity contribution in [2.24, 2.45) is 0 Å². The number of hydrazine groups is 1. The van der Waals surface area contributed by atoms with Gasteiger partial charge in [-0.2, -0.15) is 5.10 Å². The van der Waals surface area contributed by atoms with Crippen LogP contribution in [0.1, 0.15) is 71.5 Å². The van der Waals surface area contributed by atoms with Crippen LogP contribution in [0.15, 0.2) is 42.5 Å². The Bertz CT molecular complexity index is 1450. The third kappa shape index (κ3) is 4.70. The molecular weight excluding hydrogens is 490 g/mol. The van der Waals surface area contributed by atoms with Crippen LogP contribution in [0.4, 0.5) is 11.5 Å². The minimum absolute atomic E-state index is 0.0214. The maximum absolute atomic E-state index is 13.5. The molecule has 3 N–H and O–H groups in total. The first-order chi connectivity index (χ1) is 18.6. The van der Waals surface area contributed by atoms with E-state index in [0.29, 0.717) is 13.0 Å². The standard InChI is InChI=1S/C30H37N7O2/c1-18-22(7-6-8-26(18)36-16-19-9-10-20(30(2,3)4)13-23(19)29(36)39)24-15-25(28(38)33-32-24)31-27-14-21-17-35(5)11-12-37(21)34-27/h6-10,13-14,24-25,32H,11-12,15-17H2,1-5H3,(H,31,34)(H,33,38). The summed E-state index contributed by atoms with van der Waals surface area (Å²) < 4.78 is 2.02. The molecule has 39 heavy (non-hydrogen) atoms. The van der Waals surface area contributed by atoms with Crippen molar-refractivity contribution >= 4 is 23.3 Å². The molecule has 2 atom stereocenters. The molecule has 2 amide bonds. The molecule has 0 radical (unpaired) electrons. The second-order valence-electron chi connectivity index (χ2n) is 12.1. The fourth-order valence-corrected chi connectivity index (χ4v) is 5.90. The van der Waals surface area contributed by atoms with Gasteiger partial charge in [-0.15, -0.1) is 0 Å². The zero-order chi connectivity index (χ0) is 27.5. The number of nitrogens with zero attached hydrogens (tertiary/aromatic N) is 4. The van der Waals surface area contributed by atoms with Crippen molar-refractivity contribution in [3.8, 4) is 0 Å². The second kappa shape index (κ2) is 9.50. The summed E-state index contributed by atoms with van der Waals surface area (Å²) in [6.07, 6.45) is 0.557. The highest BCUT2D eigenvalue weighted by atomic mass is 16.2. The van der Waals surface area contributed by atoms with Crippen molar-refractivity contribution in [2.75, 3.05) is 23.8 Å². The number of likely N-dealkylation sites (N-methyl/N-ethyl adjacent to an activating group) is 1. The Kier molecular flexibility index (Phi) is 6.23. The molecule has 3 aromatic rings. The topological polar surface area (TPSA) is 94.5 Å². The summed E-state index contributed by atoms with van der Waals surface area (Å²) in [6, 6.07) is 13.8. The molecule has 2 unspecified atom stereocenters. The van der Waals surface area contributed by atoms with Crippen molar-refractivity contribution in [3.05, 3.63) is 76.0 Å². The van der Waals surface area contributed by atoms with Gasteiger partial charge in [0.1, 0.15) is 11.9 Å². The van der Waals surface area contributed by atoms with E-state index >= 15 is 0 Å². The van der Waals surface area contributed by atoms with Crippen LogP contribution in [0, 0.1) is 6.92 Å². The van der Waals surface area contributed by atoms with E-state index in [-0.39, 0.29) is 23.3 Å². The predicted molar refractivity (Wildman–Crippen MR) is 151 cm³/mol. The summed E-state index contributed by atoms with van der Waals surface area (Å²) in [7, 11) is 2.10. The molecule has 0 aliphatic carbocycles. The molecular formula is C30H37N7O2. The first-order valence-electron chi connectivity index (χ1n) is 13.7. The fraction of sp³-hybridized carbons (Fsp3) is 0.433. The van der Waals surface area contributed by atoms with E-state index in [2.05, 4.69) is 85.2 Å². The summed E-state index contributed by atoms with van der Waals surface area (Å²) >= 11 is 0. The molecule has 1 saturated heterocycles. The number of nitrogens with one attached hydrogen (secondary N) is 3. The van der Waals surface area contributed by atoms with E-state index in [4.69, 9.17) is 0 Å². The lowest BCUT2D eigenvalue weighted by Crippen LogP contribution is -2.54. The number of fused-ring (bicyclic) bond motifs is 2. The number of benzene rings is 2. The van der Waals surface area contributed by atoms with Gasteiger partial charge in [0, 0.05) is 30.4 Å². The molecule has 3 aliphatic heterocycles. The first kappa shape index (κ1) is 25.6. The summed E-state index contributed by atoms with van der Waals surface area (Å²) in [5.74, 6) is 0.653. The third-order valence-electron chi connectivity index (χ3n) is 8.26. The third-order valence-corrected chi connectivity index (χ3v) is 8.26. The molecule has 6 rings (SSSR count). The minimum atomic E-state index is -0.428. The van der Waals surface area contributed by atoms with Crippen molar-refractivity contribution in [1.82, 2.24) is 25.5 Å².